The van der Waals surface area contributed by atoms with E-state index in [2.05, 4.69) is 15.0 Å². The fourth-order valence-corrected chi connectivity index (χ4v) is 1.11. The SMILES string of the molecule is CCOC(=O)C(=CNc1ccc(Cl)cn1)[N+](=O)[O-]. The molecule has 0 fully saturated rings. The number of aromatic nitrogens is 1. The van der Waals surface area contributed by atoms with Crippen molar-refractivity contribution in [2.75, 3.05) is 11.9 Å². The van der Waals surface area contributed by atoms with Gasteiger partial charge in [-0.2, -0.15) is 0 Å². The molecule has 0 aromatic carbocycles. The molecule has 0 radical (unpaired) electrons. The molecule has 0 amide bonds. The van der Waals surface area contributed by atoms with E-state index in [4.69, 9.17) is 11.6 Å². The number of rotatable bonds is 5. The van der Waals surface area contributed by atoms with Gasteiger partial charge >= 0.3 is 11.7 Å². The summed E-state index contributed by atoms with van der Waals surface area (Å²) < 4.78 is 4.54. The summed E-state index contributed by atoms with van der Waals surface area (Å²) in [4.78, 5) is 24.9. The van der Waals surface area contributed by atoms with E-state index in [9.17, 15) is 14.9 Å². The van der Waals surface area contributed by atoms with Crippen LogP contribution in [0.25, 0.3) is 0 Å². The van der Waals surface area contributed by atoms with Gasteiger partial charge in [0.2, 0.25) is 0 Å². The number of hydrogen-bond acceptors (Lipinski definition) is 6. The average molecular weight is 272 g/mol. The van der Waals surface area contributed by atoms with Crippen molar-refractivity contribution in [2.24, 2.45) is 0 Å². The quantitative estimate of drug-likeness (QED) is 0.380. The van der Waals surface area contributed by atoms with E-state index in [1.165, 1.54) is 12.3 Å². The van der Waals surface area contributed by atoms with Crippen LogP contribution in [-0.2, 0) is 9.53 Å². The second-order valence-corrected chi connectivity index (χ2v) is 3.45. The van der Waals surface area contributed by atoms with E-state index in [1.54, 1.807) is 13.0 Å². The lowest BCUT2D eigenvalue weighted by molar-refractivity contribution is -0.421. The van der Waals surface area contributed by atoms with Crippen molar-refractivity contribution in [3.05, 3.63) is 45.4 Å². The first-order valence-corrected chi connectivity index (χ1v) is 5.32. The summed E-state index contributed by atoms with van der Waals surface area (Å²) in [6.45, 7) is 1.62. The Labute approximate surface area is 108 Å². The summed E-state index contributed by atoms with van der Waals surface area (Å²) in [7, 11) is 0. The Hall–Kier alpha value is -2.15. The van der Waals surface area contributed by atoms with Gasteiger partial charge < -0.3 is 10.1 Å². The minimum Gasteiger partial charge on any atom is -0.458 e. The molecule has 7 nitrogen and oxygen atoms in total. The zero-order chi connectivity index (χ0) is 13.5. The smallest absolute Gasteiger partial charge is 0.411 e. The molecule has 0 saturated carbocycles. The summed E-state index contributed by atoms with van der Waals surface area (Å²) in [5, 5.41) is 13.6. The molecule has 0 spiro atoms. The van der Waals surface area contributed by atoms with Gasteiger partial charge in [0.1, 0.15) is 5.82 Å². The first kappa shape index (κ1) is 13.9. The van der Waals surface area contributed by atoms with Gasteiger partial charge in [-0.3, -0.25) is 10.1 Å². The zero-order valence-electron chi connectivity index (χ0n) is 9.42. The molecule has 1 aromatic heterocycles. The molecule has 0 saturated heterocycles. The van der Waals surface area contributed by atoms with Crippen molar-refractivity contribution < 1.29 is 14.5 Å². The van der Waals surface area contributed by atoms with Crippen LogP contribution in [0.3, 0.4) is 0 Å². The lowest BCUT2D eigenvalue weighted by Crippen LogP contribution is -2.16. The number of anilines is 1. The molecule has 8 heteroatoms. The summed E-state index contributed by atoms with van der Waals surface area (Å²) in [6, 6.07) is 3.07. The van der Waals surface area contributed by atoms with Gasteiger partial charge in [0, 0.05) is 6.20 Å². The molecule has 0 aliphatic rings. The molecular weight excluding hydrogens is 262 g/mol. The summed E-state index contributed by atoms with van der Waals surface area (Å²) in [6.07, 6.45) is 2.29. The Morgan fingerprint density at radius 1 is 1.67 bits per heavy atom. The van der Waals surface area contributed by atoms with Crippen LogP contribution in [0.15, 0.2) is 30.2 Å². The monoisotopic (exact) mass is 271 g/mol. The number of esters is 1. The topological polar surface area (TPSA) is 94.4 Å². The van der Waals surface area contributed by atoms with Gasteiger partial charge in [-0.05, 0) is 19.1 Å². The number of carbonyl (C=O) groups excluding carboxylic acids is 1. The van der Waals surface area contributed by atoms with Crippen LogP contribution in [-0.4, -0.2) is 22.5 Å². The molecule has 0 bridgehead atoms. The Kier molecular flexibility index (Phi) is 5.06. The Bertz CT molecular complexity index is 473. The van der Waals surface area contributed by atoms with Gasteiger partial charge in [0.05, 0.1) is 22.8 Å². The highest BCUT2D eigenvalue weighted by molar-refractivity contribution is 6.30. The van der Waals surface area contributed by atoms with E-state index >= 15 is 0 Å². The Morgan fingerprint density at radius 3 is 2.89 bits per heavy atom. The Balaban J connectivity index is 2.80. The number of hydrogen-bond donors (Lipinski definition) is 1. The fraction of sp³-hybridized carbons (Fsp3) is 0.200. The van der Waals surface area contributed by atoms with Crippen LogP contribution in [0.2, 0.25) is 5.02 Å². The molecule has 0 aliphatic carbocycles. The van der Waals surface area contributed by atoms with Crippen LogP contribution in [0.4, 0.5) is 5.82 Å². The third kappa shape index (κ3) is 4.02. The predicted molar refractivity (Wildman–Crippen MR) is 64.6 cm³/mol. The third-order valence-corrected chi connectivity index (χ3v) is 1.99. The number of ether oxygens (including phenoxy) is 1. The van der Waals surface area contributed by atoms with E-state index in [1.807, 2.05) is 0 Å². The highest BCUT2D eigenvalue weighted by Crippen LogP contribution is 2.10. The standard InChI is InChI=1S/C10H10ClN3O4/c1-2-18-10(15)8(14(16)17)6-13-9-4-3-7(11)5-12-9/h3-6H,2H2,1H3,(H,12,13). The van der Waals surface area contributed by atoms with E-state index in [0.717, 1.165) is 6.20 Å². The van der Waals surface area contributed by atoms with Crippen LogP contribution in [0, 0.1) is 10.1 Å². The predicted octanol–water partition coefficient (Wildman–Crippen LogP) is 1.83. The number of nitrogens with zero attached hydrogens (tertiary/aromatic N) is 2. The minimum absolute atomic E-state index is 0.0587. The maximum atomic E-state index is 11.2. The van der Waals surface area contributed by atoms with Gasteiger partial charge in [0.25, 0.3) is 0 Å². The fourth-order valence-electron chi connectivity index (χ4n) is 0.995. The molecule has 18 heavy (non-hydrogen) atoms. The molecule has 1 heterocycles. The van der Waals surface area contributed by atoms with E-state index in [-0.39, 0.29) is 6.61 Å². The van der Waals surface area contributed by atoms with Crippen molar-refractivity contribution in [2.45, 2.75) is 6.92 Å². The second kappa shape index (κ2) is 6.55. The number of nitrogens with one attached hydrogen (secondary N) is 1. The molecular formula is C10H10ClN3O4. The normalized spacial score (nSPS) is 10.9. The molecule has 0 aliphatic heterocycles. The number of halogens is 1. The molecule has 1 N–H and O–H groups in total. The minimum atomic E-state index is -1.01. The lowest BCUT2D eigenvalue weighted by Gasteiger charge is -2.01. The van der Waals surface area contributed by atoms with Gasteiger partial charge in [-0.25, -0.2) is 9.78 Å². The summed E-state index contributed by atoms with van der Waals surface area (Å²) >= 11 is 5.63. The highest BCUT2D eigenvalue weighted by atomic mass is 35.5. The zero-order valence-corrected chi connectivity index (χ0v) is 10.2. The van der Waals surface area contributed by atoms with Crippen molar-refractivity contribution >= 4 is 23.4 Å². The van der Waals surface area contributed by atoms with Crippen molar-refractivity contribution in [3.63, 3.8) is 0 Å². The first-order valence-electron chi connectivity index (χ1n) is 4.94. The molecule has 96 valence electrons. The van der Waals surface area contributed by atoms with Gasteiger partial charge in [-0.15, -0.1) is 0 Å². The molecule has 0 unspecified atom stereocenters. The third-order valence-electron chi connectivity index (χ3n) is 1.77. The molecule has 1 rings (SSSR count). The highest BCUT2D eigenvalue weighted by Gasteiger charge is 2.23. The van der Waals surface area contributed by atoms with Crippen LogP contribution in [0.5, 0.6) is 0 Å². The van der Waals surface area contributed by atoms with Crippen LogP contribution >= 0.6 is 11.6 Å². The van der Waals surface area contributed by atoms with E-state index < -0.39 is 16.6 Å². The Morgan fingerprint density at radius 2 is 2.39 bits per heavy atom. The largest absolute Gasteiger partial charge is 0.458 e. The summed E-state index contributed by atoms with van der Waals surface area (Å²) in [5.74, 6) is -0.688. The lowest BCUT2D eigenvalue weighted by atomic mass is 10.4. The van der Waals surface area contributed by atoms with Crippen molar-refractivity contribution in [1.29, 1.82) is 0 Å². The van der Waals surface area contributed by atoms with Gasteiger partial charge in [0.15, 0.2) is 0 Å². The van der Waals surface area contributed by atoms with Crippen LogP contribution < -0.4 is 5.32 Å². The van der Waals surface area contributed by atoms with E-state index in [0.29, 0.717) is 10.8 Å². The number of pyridine rings is 1. The van der Waals surface area contributed by atoms with Crippen molar-refractivity contribution in [3.8, 4) is 0 Å². The maximum Gasteiger partial charge on any atom is 0.411 e. The van der Waals surface area contributed by atoms with Crippen molar-refractivity contribution in [1.82, 2.24) is 4.98 Å². The summed E-state index contributed by atoms with van der Waals surface area (Å²) in [5.41, 5.74) is -0.700. The number of nitro groups is 1. The second-order valence-electron chi connectivity index (χ2n) is 3.01. The molecule has 1 aromatic rings. The molecule has 0 atom stereocenters. The number of carbonyl (C=O) groups is 1. The van der Waals surface area contributed by atoms with Crippen LogP contribution in [0.1, 0.15) is 6.92 Å². The average Bonchev–Trinajstić information content (AvgIpc) is 2.31. The first-order chi connectivity index (χ1) is 8.54. The van der Waals surface area contributed by atoms with Gasteiger partial charge in [-0.1, -0.05) is 11.6 Å². The maximum absolute atomic E-state index is 11.2.